The predicted octanol–water partition coefficient (Wildman–Crippen LogP) is 3.35. The number of hydrogen-bond donors (Lipinski definition) is 0. The van der Waals surface area contributed by atoms with E-state index < -0.39 is 0 Å². The minimum Gasteiger partial charge on any atom is -0.497 e. The number of nitrogens with zero attached hydrogens (tertiary/aromatic N) is 3. The molecule has 2 aromatic carbocycles. The first kappa shape index (κ1) is 24.7. The molecule has 2 aromatic rings. The number of benzene rings is 2. The third-order valence-corrected chi connectivity index (χ3v) is 6.26. The third-order valence-electron chi connectivity index (χ3n) is 6.26. The predicted molar refractivity (Wildman–Crippen MR) is 126 cm³/mol. The van der Waals surface area contributed by atoms with Gasteiger partial charge in [-0.05, 0) is 55.2 Å². The van der Waals surface area contributed by atoms with Crippen LogP contribution in [0.25, 0.3) is 0 Å². The summed E-state index contributed by atoms with van der Waals surface area (Å²) in [5, 5.41) is 0. The van der Waals surface area contributed by atoms with Crippen molar-refractivity contribution in [2.75, 3.05) is 40.3 Å². The minimum atomic E-state index is -0.300. The van der Waals surface area contributed by atoms with Crippen molar-refractivity contribution in [1.82, 2.24) is 14.7 Å². The monoisotopic (exact) mass is 455 g/mol. The molecule has 1 atom stereocenters. The van der Waals surface area contributed by atoms with Crippen molar-refractivity contribution in [1.29, 1.82) is 0 Å². The van der Waals surface area contributed by atoms with Crippen LogP contribution in [0.15, 0.2) is 48.5 Å². The molecule has 0 spiro atoms. The van der Waals surface area contributed by atoms with Gasteiger partial charge in [0.15, 0.2) is 0 Å². The quantitative estimate of drug-likeness (QED) is 0.613. The molecule has 0 aromatic heterocycles. The molecule has 1 unspecified atom stereocenters. The summed E-state index contributed by atoms with van der Waals surface area (Å²) in [5.41, 5.74) is 1.88. The van der Waals surface area contributed by atoms with Crippen LogP contribution in [-0.4, -0.2) is 72.9 Å². The van der Waals surface area contributed by atoms with Gasteiger partial charge in [0.1, 0.15) is 11.6 Å². The summed E-state index contributed by atoms with van der Waals surface area (Å²) in [5.74, 6) is 0.655. The molecule has 1 aliphatic rings. The first-order chi connectivity index (χ1) is 15.9. The normalized spacial score (nSPS) is 15.6. The van der Waals surface area contributed by atoms with Gasteiger partial charge in [-0.2, -0.15) is 0 Å². The number of likely N-dealkylation sites (N-methyl/N-ethyl adjacent to an activating group) is 1. The maximum atomic E-state index is 13.4. The second-order valence-electron chi connectivity index (χ2n) is 8.62. The summed E-state index contributed by atoms with van der Waals surface area (Å²) in [6.07, 6.45) is 2.00. The van der Waals surface area contributed by atoms with E-state index >= 15 is 0 Å². The lowest BCUT2D eigenvalue weighted by molar-refractivity contribution is -0.135. The number of methoxy groups -OCH3 is 1. The van der Waals surface area contributed by atoms with Gasteiger partial charge in [0, 0.05) is 46.2 Å². The molecule has 0 N–H and O–H groups in total. The van der Waals surface area contributed by atoms with E-state index in [4.69, 9.17) is 4.74 Å². The van der Waals surface area contributed by atoms with Crippen molar-refractivity contribution in [3.8, 4) is 5.75 Å². The Balaban J connectivity index is 1.48. The van der Waals surface area contributed by atoms with Crippen LogP contribution >= 0.6 is 0 Å². The molecule has 0 aliphatic carbocycles. The number of halogens is 1. The van der Waals surface area contributed by atoms with Gasteiger partial charge < -0.3 is 14.5 Å². The van der Waals surface area contributed by atoms with Gasteiger partial charge in [-0.3, -0.25) is 14.5 Å². The van der Waals surface area contributed by atoms with Crippen LogP contribution in [0.2, 0.25) is 0 Å². The Kier molecular flexibility index (Phi) is 8.83. The molecule has 178 valence electrons. The molecule has 7 heteroatoms. The van der Waals surface area contributed by atoms with Crippen molar-refractivity contribution in [2.45, 2.75) is 38.8 Å². The number of amides is 2. The van der Waals surface area contributed by atoms with E-state index in [1.807, 2.05) is 42.2 Å². The Morgan fingerprint density at radius 2 is 1.82 bits per heavy atom. The summed E-state index contributed by atoms with van der Waals surface area (Å²) < 4.78 is 18.6. The van der Waals surface area contributed by atoms with E-state index in [1.165, 1.54) is 12.1 Å². The zero-order chi connectivity index (χ0) is 23.8. The van der Waals surface area contributed by atoms with E-state index in [2.05, 4.69) is 4.90 Å². The SMILES string of the molecule is COc1ccc(CCC(=O)N2CCCN(C(C)C(=O)N(C)Cc3cccc(F)c3)CC2)cc1. The fourth-order valence-electron chi connectivity index (χ4n) is 4.24. The van der Waals surface area contributed by atoms with E-state index in [0.717, 1.165) is 29.8 Å². The van der Waals surface area contributed by atoms with Crippen LogP contribution in [0, 0.1) is 5.82 Å². The second kappa shape index (κ2) is 11.8. The van der Waals surface area contributed by atoms with Crippen LogP contribution in [0.1, 0.15) is 30.9 Å². The van der Waals surface area contributed by atoms with E-state index in [0.29, 0.717) is 39.0 Å². The molecule has 2 amide bonds. The fourth-order valence-corrected chi connectivity index (χ4v) is 4.24. The van der Waals surface area contributed by atoms with Crippen molar-refractivity contribution in [2.24, 2.45) is 0 Å². The highest BCUT2D eigenvalue weighted by Crippen LogP contribution is 2.15. The minimum absolute atomic E-state index is 0.00135. The highest BCUT2D eigenvalue weighted by atomic mass is 19.1. The summed E-state index contributed by atoms with van der Waals surface area (Å²) in [6, 6.07) is 13.8. The van der Waals surface area contributed by atoms with Crippen LogP contribution < -0.4 is 4.74 Å². The first-order valence-corrected chi connectivity index (χ1v) is 11.5. The Morgan fingerprint density at radius 1 is 1.06 bits per heavy atom. The molecule has 3 rings (SSSR count). The molecular weight excluding hydrogens is 421 g/mol. The Bertz CT molecular complexity index is 935. The third kappa shape index (κ3) is 7.02. The molecule has 33 heavy (non-hydrogen) atoms. The van der Waals surface area contributed by atoms with Gasteiger partial charge in [-0.25, -0.2) is 4.39 Å². The zero-order valence-corrected chi connectivity index (χ0v) is 19.8. The molecule has 1 fully saturated rings. The topological polar surface area (TPSA) is 53.1 Å². The summed E-state index contributed by atoms with van der Waals surface area (Å²) >= 11 is 0. The molecular formula is C26H34FN3O3. The lowest BCUT2D eigenvalue weighted by atomic mass is 10.1. The highest BCUT2D eigenvalue weighted by Gasteiger charge is 2.27. The molecule has 1 saturated heterocycles. The second-order valence-corrected chi connectivity index (χ2v) is 8.62. The van der Waals surface area contributed by atoms with Gasteiger partial charge in [0.05, 0.1) is 13.2 Å². The van der Waals surface area contributed by atoms with Crippen LogP contribution in [0.3, 0.4) is 0 Å². The Hall–Kier alpha value is -2.93. The number of rotatable bonds is 8. The van der Waals surface area contributed by atoms with E-state index in [-0.39, 0.29) is 23.7 Å². The number of ether oxygens (including phenoxy) is 1. The molecule has 1 heterocycles. The summed E-state index contributed by atoms with van der Waals surface area (Å²) in [4.78, 5) is 31.4. The first-order valence-electron chi connectivity index (χ1n) is 11.5. The van der Waals surface area contributed by atoms with Crippen molar-refractivity contribution in [3.63, 3.8) is 0 Å². The average Bonchev–Trinajstić information content (AvgIpc) is 3.08. The van der Waals surface area contributed by atoms with Crippen LogP contribution in [0.4, 0.5) is 4.39 Å². The van der Waals surface area contributed by atoms with E-state index in [9.17, 15) is 14.0 Å². The Morgan fingerprint density at radius 3 is 2.52 bits per heavy atom. The molecule has 0 saturated carbocycles. The number of aryl methyl sites for hydroxylation is 1. The van der Waals surface area contributed by atoms with Crippen LogP contribution in [0.5, 0.6) is 5.75 Å². The molecule has 6 nitrogen and oxygen atoms in total. The van der Waals surface area contributed by atoms with Crippen molar-refractivity contribution >= 4 is 11.8 Å². The lowest BCUT2D eigenvalue weighted by Gasteiger charge is -2.30. The lowest BCUT2D eigenvalue weighted by Crippen LogP contribution is -2.47. The highest BCUT2D eigenvalue weighted by molar-refractivity contribution is 5.81. The van der Waals surface area contributed by atoms with Gasteiger partial charge in [-0.15, -0.1) is 0 Å². The zero-order valence-electron chi connectivity index (χ0n) is 19.8. The maximum absolute atomic E-state index is 13.4. The van der Waals surface area contributed by atoms with Gasteiger partial charge in [0.2, 0.25) is 11.8 Å². The van der Waals surface area contributed by atoms with Crippen molar-refractivity contribution in [3.05, 3.63) is 65.5 Å². The molecule has 0 bridgehead atoms. The standard InChI is InChI=1S/C26H34FN3O3/c1-20(26(32)28(2)19-22-6-4-7-23(27)18-22)29-14-5-15-30(17-16-29)25(31)13-10-21-8-11-24(33-3)12-9-21/h4,6-9,11-12,18,20H,5,10,13-17,19H2,1-3H3. The summed E-state index contributed by atoms with van der Waals surface area (Å²) in [7, 11) is 3.38. The van der Waals surface area contributed by atoms with Gasteiger partial charge in [-0.1, -0.05) is 24.3 Å². The number of carbonyl (C=O) groups is 2. The number of carbonyl (C=O) groups excluding carboxylic acids is 2. The van der Waals surface area contributed by atoms with Gasteiger partial charge >= 0.3 is 0 Å². The summed E-state index contributed by atoms with van der Waals surface area (Å²) in [6.45, 7) is 5.03. The number of hydrogen-bond acceptors (Lipinski definition) is 4. The Labute approximate surface area is 195 Å². The largest absolute Gasteiger partial charge is 0.497 e. The average molecular weight is 456 g/mol. The van der Waals surface area contributed by atoms with Crippen molar-refractivity contribution < 1.29 is 18.7 Å². The van der Waals surface area contributed by atoms with Gasteiger partial charge in [0.25, 0.3) is 0 Å². The smallest absolute Gasteiger partial charge is 0.239 e. The fraction of sp³-hybridized carbons (Fsp3) is 0.462. The van der Waals surface area contributed by atoms with E-state index in [1.54, 1.807) is 25.1 Å². The van der Waals surface area contributed by atoms with Crippen LogP contribution in [-0.2, 0) is 22.6 Å². The molecule has 1 aliphatic heterocycles. The maximum Gasteiger partial charge on any atom is 0.239 e. The molecule has 0 radical (unpaired) electrons.